The first-order chi connectivity index (χ1) is 10.7. The highest BCUT2D eigenvalue weighted by Gasteiger charge is 2.15. The normalized spacial score (nSPS) is 15.1. The van der Waals surface area contributed by atoms with Gasteiger partial charge in [-0.1, -0.05) is 25.1 Å². The maximum absolute atomic E-state index is 5.51. The first kappa shape index (κ1) is 15.1. The molecule has 1 saturated heterocycles. The summed E-state index contributed by atoms with van der Waals surface area (Å²) in [5.41, 5.74) is 3.53. The van der Waals surface area contributed by atoms with Gasteiger partial charge >= 0.3 is 0 Å². The fourth-order valence-corrected chi connectivity index (χ4v) is 2.97. The molecule has 0 amide bonds. The molecule has 116 valence electrons. The molecule has 0 N–H and O–H groups in total. The number of anilines is 1. The molecule has 2 aromatic rings. The van der Waals surface area contributed by atoms with Gasteiger partial charge in [-0.05, 0) is 36.7 Å². The topological polar surface area (TPSA) is 43.2 Å². The van der Waals surface area contributed by atoms with Crippen LogP contribution in [0.25, 0.3) is 5.69 Å². The van der Waals surface area contributed by atoms with Gasteiger partial charge < -0.3 is 9.64 Å². The smallest absolute Gasteiger partial charge is 0.229 e. The van der Waals surface area contributed by atoms with E-state index in [0.29, 0.717) is 23.9 Å². The Morgan fingerprint density at radius 2 is 2.05 bits per heavy atom. The van der Waals surface area contributed by atoms with Crippen molar-refractivity contribution in [2.24, 2.45) is 0 Å². The van der Waals surface area contributed by atoms with Crippen molar-refractivity contribution < 1.29 is 4.74 Å². The molecule has 3 rings (SSSR count). The first-order valence-electron chi connectivity index (χ1n) is 7.58. The summed E-state index contributed by atoms with van der Waals surface area (Å²) in [4.78, 5) is 11.2. The van der Waals surface area contributed by atoms with Crippen LogP contribution >= 0.6 is 12.2 Å². The van der Waals surface area contributed by atoms with Crippen LogP contribution in [0.15, 0.2) is 24.5 Å². The van der Waals surface area contributed by atoms with Crippen molar-refractivity contribution in [2.45, 2.75) is 20.3 Å². The molecular formula is C16H20N4OS. The lowest BCUT2D eigenvalue weighted by Gasteiger charge is -2.26. The Morgan fingerprint density at radius 1 is 1.27 bits per heavy atom. The van der Waals surface area contributed by atoms with Crippen LogP contribution in [0.4, 0.5) is 5.95 Å². The summed E-state index contributed by atoms with van der Waals surface area (Å²) >= 11 is 5.51. The molecule has 1 aliphatic rings. The molecule has 0 spiro atoms. The van der Waals surface area contributed by atoms with E-state index in [1.54, 1.807) is 6.33 Å². The molecule has 0 unspecified atom stereocenters. The second-order valence-corrected chi connectivity index (χ2v) is 5.71. The van der Waals surface area contributed by atoms with Crippen molar-refractivity contribution in [2.75, 3.05) is 31.2 Å². The summed E-state index contributed by atoms with van der Waals surface area (Å²) < 4.78 is 7.81. The number of aryl methyl sites for hydroxylation is 2. The summed E-state index contributed by atoms with van der Waals surface area (Å²) in [5.74, 6) is 0.691. The van der Waals surface area contributed by atoms with Gasteiger partial charge in [-0.25, -0.2) is 4.98 Å². The minimum atomic E-state index is 0.542. The van der Waals surface area contributed by atoms with Gasteiger partial charge in [-0.3, -0.25) is 4.57 Å². The molecule has 0 atom stereocenters. The Bertz CT molecular complexity index is 722. The third kappa shape index (κ3) is 2.89. The van der Waals surface area contributed by atoms with Gasteiger partial charge in [0, 0.05) is 13.1 Å². The Balaban J connectivity index is 2.01. The number of hydrogen-bond donors (Lipinski definition) is 0. The van der Waals surface area contributed by atoms with Gasteiger partial charge in [0.15, 0.2) is 0 Å². The average Bonchev–Trinajstić information content (AvgIpc) is 2.56. The molecule has 2 heterocycles. The third-order valence-electron chi connectivity index (χ3n) is 3.93. The van der Waals surface area contributed by atoms with E-state index in [0.717, 1.165) is 25.2 Å². The van der Waals surface area contributed by atoms with Crippen LogP contribution < -0.4 is 4.90 Å². The Kier molecular flexibility index (Phi) is 4.49. The van der Waals surface area contributed by atoms with Crippen LogP contribution in [0.2, 0.25) is 0 Å². The fraction of sp³-hybridized carbons (Fsp3) is 0.438. The number of hydrogen-bond acceptors (Lipinski definition) is 5. The second-order valence-electron chi connectivity index (χ2n) is 5.34. The molecule has 22 heavy (non-hydrogen) atoms. The van der Waals surface area contributed by atoms with Crippen molar-refractivity contribution in [3.63, 3.8) is 0 Å². The molecule has 6 heteroatoms. The van der Waals surface area contributed by atoms with Crippen LogP contribution in [0, 0.1) is 11.7 Å². The van der Waals surface area contributed by atoms with E-state index in [1.165, 1.54) is 11.1 Å². The van der Waals surface area contributed by atoms with Crippen molar-refractivity contribution in [3.8, 4) is 5.69 Å². The summed E-state index contributed by atoms with van der Waals surface area (Å²) in [6.07, 6.45) is 2.74. The highest BCUT2D eigenvalue weighted by Crippen LogP contribution is 2.20. The standard InChI is InChI=1S/C16H20N4OS/c1-3-13-6-4-5-12(2)14(13)20-11-17-15(18-16(20)22)19-7-9-21-10-8-19/h4-6,11H,3,7-10H2,1-2H3. The van der Waals surface area contributed by atoms with Crippen LogP contribution in [0.3, 0.4) is 0 Å². The number of nitrogens with zero attached hydrogens (tertiary/aromatic N) is 4. The van der Waals surface area contributed by atoms with Gasteiger partial charge in [-0.15, -0.1) is 0 Å². The van der Waals surface area contributed by atoms with Gasteiger partial charge in [0.05, 0.1) is 18.9 Å². The zero-order valence-corrected chi connectivity index (χ0v) is 13.8. The van der Waals surface area contributed by atoms with Crippen LogP contribution in [0.5, 0.6) is 0 Å². The molecule has 5 nitrogen and oxygen atoms in total. The molecule has 0 saturated carbocycles. The molecular weight excluding hydrogens is 296 g/mol. The second kappa shape index (κ2) is 6.54. The van der Waals surface area contributed by atoms with Crippen LogP contribution in [-0.2, 0) is 11.2 Å². The SMILES string of the molecule is CCc1cccc(C)c1-n1cnc(N2CCOCC2)nc1=S. The summed E-state index contributed by atoms with van der Waals surface area (Å²) in [6, 6.07) is 6.29. The minimum Gasteiger partial charge on any atom is -0.378 e. The zero-order chi connectivity index (χ0) is 15.5. The van der Waals surface area contributed by atoms with E-state index in [9.17, 15) is 0 Å². The van der Waals surface area contributed by atoms with Crippen LogP contribution in [-0.4, -0.2) is 40.8 Å². The summed E-state index contributed by atoms with van der Waals surface area (Å²) in [7, 11) is 0. The van der Waals surface area contributed by atoms with E-state index >= 15 is 0 Å². The van der Waals surface area contributed by atoms with E-state index in [-0.39, 0.29) is 0 Å². The number of benzene rings is 1. The van der Waals surface area contributed by atoms with E-state index in [4.69, 9.17) is 17.0 Å². The third-order valence-corrected chi connectivity index (χ3v) is 4.22. The lowest BCUT2D eigenvalue weighted by molar-refractivity contribution is 0.122. The Hall–Kier alpha value is -1.79. The van der Waals surface area contributed by atoms with Crippen molar-refractivity contribution in [1.29, 1.82) is 0 Å². The molecule has 1 fully saturated rings. The number of morpholine rings is 1. The number of rotatable bonds is 3. The number of para-hydroxylation sites is 1. The molecule has 0 aliphatic carbocycles. The predicted molar refractivity (Wildman–Crippen MR) is 89.3 cm³/mol. The van der Waals surface area contributed by atoms with E-state index in [2.05, 4.69) is 46.9 Å². The predicted octanol–water partition coefficient (Wildman–Crippen LogP) is 2.70. The van der Waals surface area contributed by atoms with Crippen molar-refractivity contribution in [3.05, 3.63) is 40.4 Å². The van der Waals surface area contributed by atoms with E-state index in [1.807, 2.05) is 4.57 Å². The lowest BCUT2D eigenvalue weighted by atomic mass is 10.1. The lowest BCUT2D eigenvalue weighted by Crippen LogP contribution is -2.37. The Labute approximate surface area is 135 Å². The first-order valence-corrected chi connectivity index (χ1v) is 7.98. The molecule has 1 aromatic carbocycles. The van der Waals surface area contributed by atoms with Gasteiger partial charge in [0.1, 0.15) is 6.33 Å². The van der Waals surface area contributed by atoms with Crippen LogP contribution in [0.1, 0.15) is 18.1 Å². The summed E-state index contributed by atoms with van der Waals surface area (Å²) in [5, 5.41) is 0. The fourth-order valence-electron chi connectivity index (χ4n) is 2.75. The van der Waals surface area contributed by atoms with Gasteiger partial charge in [0.25, 0.3) is 0 Å². The maximum Gasteiger partial charge on any atom is 0.229 e. The highest BCUT2D eigenvalue weighted by atomic mass is 32.1. The maximum atomic E-state index is 5.51. The van der Waals surface area contributed by atoms with Crippen molar-refractivity contribution >= 4 is 18.2 Å². The van der Waals surface area contributed by atoms with Gasteiger partial charge in [0.2, 0.25) is 10.7 Å². The Morgan fingerprint density at radius 3 is 2.73 bits per heavy atom. The van der Waals surface area contributed by atoms with E-state index < -0.39 is 0 Å². The summed E-state index contributed by atoms with van der Waals surface area (Å²) in [6.45, 7) is 7.27. The molecule has 1 aliphatic heterocycles. The molecule has 0 bridgehead atoms. The quantitative estimate of drug-likeness (QED) is 0.815. The number of ether oxygens (including phenoxy) is 1. The number of aromatic nitrogens is 3. The zero-order valence-electron chi connectivity index (χ0n) is 13.0. The highest BCUT2D eigenvalue weighted by molar-refractivity contribution is 7.71. The van der Waals surface area contributed by atoms with Gasteiger partial charge in [-0.2, -0.15) is 4.98 Å². The molecule has 1 aromatic heterocycles. The monoisotopic (exact) mass is 316 g/mol. The largest absolute Gasteiger partial charge is 0.378 e. The minimum absolute atomic E-state index is 0.542. The average molecular weight is 316 g/mol. The van der Waals surface area contributed by atoms with Crippen molar-refractivity contribution in [1.82, 2.24) is 14.5 Å². The molecule has 0 radical (unpaired) electrons.